The molecular weight excluding hydrogens is 368 g/mol. The van der Waals surface area contributed by atoms with Crippen LogP contribution in [0.3, 0.4) is 0 Å². The van der Waals surface area contributed by atoms with E-state index in [0.29, 0.717) is 24.1 Å². The lowest BCUT2D eigenvalue weighted by Crippen LogP contribution is -2.43. The largest absolute Gasteiger partial charge is 0.294 e. The minimum absolute atomic E-state index is 0.0328. The molecule has 0 N–H and O–H groups in total. The minimum Gasteiger partial charge on any atom is -0.294 e. The van der Waals surface area contributed by atoms with Crippen molar-refractivity contribution in [3.63, 3.8) is 0 Å². The molecule has 0 fully saturated rings. The zero-order chi connectivity index (χ0) is 20.8. The second-order valence-electron chi connectivity index (χ2n) is 8.47. The van der Waals surface area contributed by atoms with Crippen LogP contribution in [0.2, 0.25) is 0 Å². The number of allylic oxidation sites excluding steroid dienone is 2. The van der Waals surface area contributed by atoms with E-state index < -0.39 is 4.92 Å². The van der Waals surface area contributed by atoms with Gasteiger partial charge in [-0.15, -0.1) is 0 Å². The predicted octanol–water partition coefficient (Wildman–Crippen LogP) is 4.76. The highest BCUT2D eigenvalue weighted by Gasteiger charge is 2.44. The van der Waals surface area contributed by atoms with Crippen molar-refractivity contribution in [3.05, 3.63) is 81.5 Å². The molecule has 1 unspecified atom stereocenters. The number of hydrogen-bond acceptors (Lipinski definition) is 4. The van der Waals surface area contributed by atoms with Crippen LogP contribution in [0, 0.1) is 15.5 Å². The number of ketones is 1. The van der Waals surface area contributed by atoms with E-state index in [1.54, 1.807) is 17.0 Å². The highest BCUT2D eigenvalue weighted by atomic mass is 16.6. The third-order valence-corrected chi connectivity index (χ3v) is 5.66. The molecule has 2 aromatic rings. The second kappa shape index (κ2) is 6.95. The minimum atomic E-state index is -0.467. The maximum absolute atomic E-state index is 13.2. The molecule has 2 aliphatic rings. The summed E-state index contributed by atoms with van der Waals surface area (Å²) in [7, 11) is 0. The molecule has 0 bridgehead atoms. The number of nitro benzene ring substituents is 1. The quantitative estimate of drug-likeness (QED) is 0.559. The summed E-state index contributed by atoms with van der Waals surface area (Å²) in [6, 6.07) is 15.6. The Morgan fingerprint density at radius 3 is 2.28 bits per heavy atom. The first-order chi connectivity index (χ1) is 13.8. The summed E-state index contributed by atoms with van der Waals surface area (Å²) in [6.45, 7) is 4.05. The third kappa shape index (κ3) is 3.46. The summed E-state index contributed by atoms with van der Waals surface area (Å²) in [6.07, 6.45) is 1.24. The number of anilines is 1. The van der Waals surface area contributed by atoms with E-state index in [9.17, 15) is 19.7 Å². The number of hydrogen-bond donors (Lipinski definition) is 0. The van der Waals surface area contributed by atoms with Gasteiger partial charge in [0.05, 0.1) is 4.92 Å². The molecule has 0 radical (unpaired) electrons. The van der Waals surface area contributed by atoms with Crippen LogP contribution in [0.15, 0.2) is 65.9 Å². The van der Waals surface area contributed by atoms with Crippen molar-refractivity contribution < 1.29 is 14.5 Å². The Labute approximate surface area is 169 Å². The van der Waals surface area contributed by atoms with Gasteiger partial charge in [0.15, 0.2) is 5.78 Å². The van der Waals surface area contributed by atoms with Gasteiger partial charge in [0.1, 0.15) is 0 Å². The van der Waals surface area contributed by atoms with Gasteiger partial charge in [-0.3, -0.25) is 24.6 Å². The van der Waals surface area contributed by atoms with E-state index in [1.165, 1.54) is 12.1 Å². The number of rotatable bonds is 3. The molecule has 148 valence electrons. The zero-order valence-electron chi connectivity index (χ0n) is 16.4. The lowest BCUT2D eigenvalue weighted by Gasteiger charge is -2.43. The van der Waals surface area contributed by atoms with Gasteiger partial charge in [-0.25, -0.2) is 0 Å². The first kappa shape index (κ1) is 19.1. The molecule has 2 aromatic carbocycles. The highest BCUT2D eigenvalue weighted by molar-refractivity contribution is 6.07. The fourth-order valence-corrected chi connectivity index (χ4v) is 4.41. The maximum Gasteiger partial charge on any atom is 0.269 e. The standard InChI is InChI=1S/C23H22N2O4/c1-23(2)13-19-22(20(26)14-23)18(15-6-4-3-5-7-15)12-21(27)24(19)16-8-10-17(11-9-16)25(28)29/h3-11,18H,12-14H2,1-2H3. The Morgan fingerprint density at radius 2 is 1.66 bits per heavy atom. The summed E-state index contributed by atoms with van der Waals surface area (Å²) in [4.78, 5) is 38.5. The number of non-ortho nitro benzene ring substituents is 1. The molecule has 1 amide bonds. The van der Waals surface area contributed by atoms with Gasteiger partial charge >= 0.3 is 0 Å². The van der Waals surface area contributed by atoms with Gasteiger partial charge < -0.3 is 0 Å². The second-order valence-corrected chi connectivity index (χ2v) is 8.47. The predicted molar refractivity (Wildman–Crippen MR) is 109 cm³/mol. The van der Waals surface area contributed by atoms with E-state index >= 15 is 0 Å². The van der Waals surface area contributed by atoms with Crippen LogP contribution < -0.4 is 4.90 Å². The smallest absolute Gasteiger partial charge is 0.269 e. The zero-order valence-corrected chi connectivity index (χ0v) is 16.4. The van der Waals surface area contributed by atoms with Crippen LogP contribution in [-0.2, 0) is 9.59 Å². The lowest BCUT2D eigenvalue weighted by molar-refractivity contribution is -0.384. The van der Waals surface area contributed by atoms with Crippen molar-refractivity contribution in [2.45, 2.75) is 39.0 Å². The summed E-state index contributed by atoms with van der Waals surface area (Å²) in [5.41, 5.74) is 2.66. The molecule has 4 rings (SSSR count). The molecule has 0 aromatic heterocycles. The third-order valence-electron chi connectivity index (χ3n) is 5.66. The average molecular weight is 390 g/mol. The molecule has 1 aliphatic heterocycles. The molecule has 6 heteroatoms. The molecule has 6 nitrogen and oxygen atoms in total. The van der Waals surface area contributed by atoms with Crippen molar-refractivity contribution in [2.75, 3.05) is 4.90 Å². The number of benzene rings is 2. The SMILES string of the molecule is CC1(C)CC(=O)C2=C(C1)N(c1ccc([N+](=O)[O-])cc1)C(=O)CC2c1ccccc1. The number of nitro groups is 1. The van der Waals surface area contributed by atoms with Gasteiger partial charge in [0.2, 0.25) is 5.91 Å². The van der Waals surface area contributed by atoms with Crippen LogP contribution in [-0.4, -0.2) is 16.6 Å². The molecular formula is C23H22N2O4. The van der Waals surface area contributed by atoms with Crippen molar-refractivity contribution in [3.8, 4) is 0 Å². The van der Waals surface area contributed by atoms with E-state index in [0.717, 1.165) is 11.3 Å². The van der Waals surface area contributed by atoms with E-state index in [4.69, 9.17) is 0 Å². The number of carbonyl (C=O) groups is 2. The van der Waals surface area contributed by atoms with Gasteiger partial charge in [0.25, 0.3) is 5.69 Å². The molecule has 29 heavy (non-hydrogen) atoms. The topological polar surface area (TPSA) is 80.5 Å². The van der Waals surface area contributed by atoms with Gasteiger partial charge in [0, 0.05) is 47.8 Å². The summed E-state index contributed by atoms with van der Waals surface area (Å²) in [5, 5.41) is 11.0. The number of nitrogens with zero attached hydrogens (tertiary/aromatic N) is 2. The number of carbonyl (C=O) groups excluding carboxylic acids is 2. The summed E-state index contributed by atoms with van der Waals surface area (Å²) < 4.78 is 0. The van der Waals surface area contributed by atoms with Crippen molar-refractivity contribution in [1.29, 1.82) is 0 Å². The Balaban J connectivity index is 1.86. The molecule has 0 saturated carbocycles. The average Bonchev–Trinajstić information content (AvgIpc) is 2.67. The van der Waals surface area contributed by atoms with Crippen LogP contribution in [0.5, 0.6) is 0 Å². The van der Waals surface area contributed by atoms with E-state index in [2.05, 4.69) is 0 Å². The number of Topliss-reactive ketones (excluding diaryl/α,β-unsaturated/α-hetero) is 1. The first-order valence-electron chi connectivity index (χ1n) is 9.65. The fourth-order valence-electron chi connectivity index (χ4n) is 4.41. The molecule has 0 saturated heterocycles. The monoisotopic (exact) mass is 390 g/mol. The molecule has 0 spiro atoms. The molecule has 1 atom stereocenters. The summed E-state index contributed by atoms with van der Waals surface area (Å²) >= 11 is 0. The first-order valence-corrected chi connectivity index (χ1v) is 9.65. The Hall–Kier alpha value is -3.28. The van der Waals surface area contributed by atoms with Crippen LogP contribution >= 0.6 is 0 Å². The maximum atomic E-state index is 13.2. The Bertz CT molecular complexity index is 1020. The van der Waals surface area contributed by atoms with Gasteiger partial charge in [-0.1, -0.05) is 44.2 Å². The van der Waals surface area contributed by atoms with Crippen molar-refractivity contribution in [1.82, 2.24) is 0 Å². The highest BCUT2D eigenvalue weighted by Crippen LogP contribution is 2.48. The van der Waals surface area contributed by atoms with E-state index in [-0.39, 0.29) is 35.1 Å². The van der Waals surface area contributed by atoms with Crippen LogP contribution in [0.4, 0.5) is 11.4 Å². The lowest BCUT2D eigenvalue weighted by atomic mass is 9.69. The van der Waals surface area contributed by atoms with Crippen molar-refractivity contribution in [2.24, 2.45) is 5.41 Å². The summed E-state index contributed by atoms with van der Waals surface area (Å²) in [5.74, 6) is -0.280. The van der Waals surface area contributed by atoms with Crippen LogP contribution in [0.1, 0.15) is 44.6 Å². The van der Waals surface area contributed by atoms with Gasteiger partial charge in [-0.05, 0) is 29.5 Å². The normalized spacial score (nSPS) is 21.2. The fraction of sp³-hybridized carbons (Fsp3) is 0.304. The molecule has 1 heterocycles. The van der Waals surface area contributed by atoms with Gasteiger partial charge in [-0.2, -0.15) is 0 Å². The number of amides is 1. The van der Waals surface area contributed by atoms with Crippen molar-refractivity contribution >= 4 is 23.1 Å². The Morgan fingerprint density at radius 1 is 1.00 bits per heavy atom. The Kier molecular flexibility index (Phi) is 4.57. The van der Waals surface area contributed by atoms with E-state index in [1.807, 2.05) is 44.2 Å². The molecule has 1 aliphatic carbocycles. The van der Waals surface area contributed by atoms with Crippen LogP contribution in [0.25, 0.3) is 0 Å².